The van der Waals surface area contributed by atoms with Crippen LogP contribution in [0.1, 0.15) is 16.1 Å². The van der Waals surface area contributed by atoms with E-state index in [-0.39, 0.29) is 12.1 Å². The number of nitrogens with one attached hydrogen (secondary N) is 1. The van der Waals surface area contributed by atoms with E-state index >= 15 is 0 Å². The van der Waals surface area contributed by atoms with Gasteiger partial charge in [-0.05, 0) is 40.2 Å². The Labute approximate surface area is 128 Å². The van der Waals surface area contributed by atoms with E-state index in [1.165, 1.54) is 12.1 Å². The number of rotatable bonds is 3. The molecule has 0 aliphatic heterocycles. The van der Waals surface area contributed by atoms with Crippen molar-refractivity contribution in [2.45, 2.75) is 6.54 Å². The predicted molar refractivity (Wildman–Crippen MR) is 80.5 cm³/mol. The summed E-state index contributed by atoms with van der Waals surface area (Å²) in [5, 5.41) is 2.67. The molecule has 1 aromatic carbocycles. The Hall–Kier alpha value is -2.21. The normalized spacial score (nSPS) is 10.8. The maximum atomic E-state index is 13.5. The lowest BCUT2D eigenvalue weighted by atomic mass is 10.2. The topological polar surface area (TPSA) is 46.4 Å². The van der Waals surface area contributed by atoms with Gasteiger partial charge in [-0.2, -0.15) is 0 Å². The fourth-order valence-electron chi connectivity index (χ4n) is 2.01. The average molecular weight is 348 g/mol. The fraction of sp³-hybridized carbons (Fsp3) is 0.0667. The highest BCUT2D eigenvalue weighted by atomic mass is 79.9. The van der Waals surface area contributed by atoms with Crippen molar-refractivity contribution >= 4 is 27.5 Å². The molecule has 106 valence electrons. The highest BCUT2D eigenvalue weighted by molar-refractivity contribution is 9.10. The molecular weight excluding hydrogens is 337 g/mol. The van der Waals surface area contributed by atoms with Crippen LogP contribution < -0.4 is 5.32 Å². The Morgan fingerprint density at radius 1 is 1.24 bits per heavy atom. The maximum Gasteiger partial charge on any atom is 0.254 e. The van der Waals surface area contributed by atoms with Crippen LogP contribution in [0.15, 0.2) is 53.3 Å². The monoisotopic (exact) mass is 347 g/mol. The van der Waals surface area contributed by atoms with Gasteiger partial charge in [-0.3, -0.25) is 4.79 Å². The minimum Gasteiger partial charge on any atom is -0.346 e. The molecule has 1 amide bonds. The van der Waals surface area contributed by atoms with Gasteiger partial charge in [0.1, 0.15) is 11.5 Å². The zero-order chi connectivity index (χ0) is 14.8. The van der Waals surface area contributed by atoms with Gasteiger partial charge < -0.3 is 9.72 Å². The third kappa shape index (κ3) is 2.95. The molecule has 0 saturated heterocycles. The number of amides is 1. The molecule has 0 saturated carbocycles. The fourth-order valence-corrected chi connectivity index (χ4v) is 2.37. The van der Waals surface area contributed by atoms with Gasteiger partial charge in [-0.1, -0.05) is 12.1 Å². The van der Waals surface area contributed by atoms with Gasteiger partial charge in [0, 0.05) is 16.9 Å². The summed E-state index contributed by atoms with van der Waals surface area (Å²) in [7, 11) is 0. The van der Waals surface area contributed by atoms with Crippen LogP contribution >= 0.6 is 15.9 Å². The van der Waals surface area contributed by atoms with Crippen LogP contribution in [0.25, 0.3) is 5.65 Å². The van der Waals surface area contributed by atoms with Crippen LogP contribution in [0.2, 0.25) is 0 Å². The standard InChI is InChI=1S/C15H11BrFN3O/c16-10-5-6-14-19-11(9-20(14)8-10)7-18-15(21)12-3-1-2-4-13(12)17/h1-6,8-9H,7H2,(H,18,21). The Kier molecular flexibility index (Phi) is 3.70. The number of fused-ring (bicyclic) bond motifs is 1. The summed E-state index contributed by atoms with van der Waals surface area (Å²) in [6.45, 7) is 0.243. The van der Waals surface area contributed by atoms with Gasteiger partial charge in [0.05, 0.1) is 17.8 Å². The first-order valence-corrected chi connectivity index (χ1v) is 7.08. The highest BCUT2D eigenvalue weighted by Crippen LogP contribution is 2.12. The van der Waals surface area contributed by atoms with Gasteiger partial charge in [-0.15, -0.1) is 0 Å². The number of carbonyl (C=O) groups is 1. The van der Waals surface area contributed by atoms with E-state index in [1.54, 1.807) is 12.1 Å². The molecule has 0 fully saturated rings. The number of pyridine rings is 1. The van der Waals surface area contributed by atoms with E-state index in [9.17, 15) is 9.18 Å². The number of carbonyl (C=O) groups excluding carboxylic acids is 1. The molecular formula is C15H11BrFN3O. The van der Waals surface area contributed by atoms with E-state index in [1.807, 2.05) is 28.9 Å². The van der Waals surface area contributed by atoms with Crippen molar-refractivity contribution in [3.8, 4) is 0 Å². The summed E-state index contributed by atoms with van der Waals surface area (Å²) in [6.07, 6.45) is 3.70. The number of benzene rings is 1. The van der Waals surface area contributed by atoms with Crippen molar-refractivity contribution in [2.24, 2.45) is 0 Å². The number of halogens is 2. The van der Waals surface area contributed by atoms with Crippen LogP contribution in [0.3, 0.4) is 0 Å². The van der Waals surface area contributed by atoms with E-state index < -0.39 is 11.7 Å². The van der Waals surface area contributed by atoms with Gasteiger partial charge in [-0.25, -0.2) is 9.37 Å². The van der Waals surface area contributed by atoms with Crippen molar-refractivity contribution in [1.82, 2.24) is 14.7 Å². The molecule has 3 rings (SSSR count). The zero-order valence-electron chi connectivity index (χ0n) is 10.9. The second-order valence-electron chi connectivity index (χ2n) is 4.51. The first kappa shape index (κ1) is 13.8. The van der Waals surface area contributed by atoms with Crippen molar-refractivity contribution in [3.05, 3.63) is 70.3 Å². The summed E-state index contributed by atoms with van der Waals surface area (Å²) in [6, 6.07) is 9.64. The molecule has 0 radical (unpaired) electrons. The summed E-state index contributed by atoms with van der Waals surface area (Å²) in [5.41, 5.74) is 1.52. The molecule has 6 heteroatoms. The van der Waals surface area contributed by atoms with Crippen molar-refractivity contribution < 1.29 is 9.18 Å². The predicted octanol–water partition coefficient (Wildman–Crippen LogP) is 3.17. The number of hydrogen-bond donors (Lipinski definition) is 1. The minimum atomic E-state index is -0.533. The lowest BCUT2D eigenvalue weighted by molar-refractivity contribution is 0.0946. The van der Waals surface area contributed by atoms with Crippen LogP contribution in [0, 0.1) is 5.82 Å². The van der Waals surface area contributed by atoms with Crippen LogP contribution in [-0.2, 0) is 6.54 Å². The van der Waals surface area contributed by atoms with E-state index in [0.717, 1.165) is 10.1 Å². The van der Waals surface area contributed by atoms with Gasteiger partial charge in [0.2, 0.25) is 0 Å². The van der Waals surface area contributed by atoms with Crippen LogP contribution in [0.4, 0.5) is 4.39 Å². The number of aromatic nitrogens is 2. The molecule has 3 aromatic rings. The number of nitrogens with zero attached hydrogens (tertiary/aromatic N) is 2. The lowest BCUT2D eigenvalue weighted by Gasteiger charge is -2.03. The molecule has 0 aliphatic rings. The Balaban J connectivity index is 1.74. The lowest BCUT2D eigenvalue weighted by Crippen LogP contribution is -2.23. The quantitative estimate of drug-likeness (QED) is 0.790. The van der Waals surface area contributed by atoms with Crippen LogP contribution in [0.5, 0.6) is 0 Å². The summed E-state index contributed by atoms with van der Waals surface area (Å²) < 4.78 is 16.3. The summed E-state index contributed by atoms with van der Waals surface area (Å²) in [5.74, 6) is -0.986. The largest absolute Gasteiger partial charge is 0.346 e. The first-order chi connectivity index (χ1) is 10.1. The summed E-state index contributed by atoms with van der Waals surface area (Å²) >= 11 is 3.38. The first-order valence-electron chi connectivity index (χ1n) is 6.29. The van der Waals surface area contributed by atoms with E-state index in [0.29, 0.717) is 5.69 Å². The molecule has 0 aliphatic carbocycles. The zero-order valence-corrected chi connectivity index (χ0v) is 12.5. The molecule has 2 aromatic heterocycles. The highest BCUT2D eigenvalue weighted by Gasteiger charge is 2.11. The van der Waals surface area contributed by atoms with Crippen molar-refractivity contribution in [3.63, 3.8) is 0 Å². The molecule has 0 unspecified atom stereocenters. The second-order valence-corrected chi connectivity index (χ2v) is 5.42. The Morgan fingerprint density at radius 2 is 2.05 bits per heavy atom. The van der Waals surface area contributed by atoms with E-state index in [2.05, 4.69) is 26.2 Å². The molecule has 0 bridgehead atoms. The Bertz CT molecular complexity index is 816. The summed E-state index contributed by atoms with van der Waals surface area (Å²) in [4.78, 5) is 16.3. The second kappa shape index (κ2) is 5.65. The molecule has 0 spiro atoms. The Morgan fingerprint density at radius 3 is 2.86 bits per heavy atom. The maximum absolute atomic E-state index is 13.5. The molecule has 1 N–H and O–H groups in total. The smallest absolute Gasteiger partial charge is 0.254 e. The van der Waals surface area contributed by atoms with Crippen LogP contribution in [-0.4, -0.2) is 15.3 Å². The molecule has 4 nitrogen and oxygen atoms in total. The number of hydrogen-bond acceptors (Lipinski definition) is 2. The molecule has 21 heavy (non-hydrogen) atoms. The van der Waals surface area contributed by atoms with Gasteiger partial charge in [0.15, 0.2) is 0 Å². The third-order valence-corrected chi connectivity index (χ3v) is 3.48. The van der Waals surface area contributed by atoms with E-state index in [4.69, 9.17) is 0 Å². The van der Waals surface area contributed by atoms with Gasteiger partial charge in [0.25, 0.3) is 5.91 Å². The third-order valence-electron chi connectivity index (χ3n) is 3.01. The average Bonchev–Trinajstić information content (AvgIpc) is 2.87. The SMILES string of the molecule is O=C(NCc1cn2cc(Br)ccc2n1)c1ccccc1F. The van der Waals surface area contributed by atoms with Crippen molar-refractivity contribution in [1.29, 1.82) is 0 Å². The molecule has 2 heterocycles. The number of imidazole rings is 1. The molecule has 0 atom stereocenters. The van der Waals surface area contributed by atoms with Gasteiger partial charge >= 0.3 is 0 Å². The van der Waals surface area contributed by atoms with Crippen molar-refractivity contribution in [2.75, 3.05) is 0 Å². The minimum absolute atomic E-state index is 0.0315.